The lowest BCUT2D eigenvalue weighted by Gasteiger charge is -2.12. The fraction of sp³-hybridized carbons (Fsp3) is 0.125. The Labute approximate surface area is 122 Å². The molecule has 3 rings (SSSR count). The van der Waals surface area contributed by atoms with E-state index in [-0.39, 0.29) is 4.90 Å². The van der Waals surface area contributed by atoms with Gasteiger partial charge in [-0.2, -0.15) is 8.42 Å². The van der Waals surface area contributed by atoms with Gasteiger partial charge in [-0.1, -0.05) is 30.3 Å². The van der Waals surface area contributed by atoms with Gasteiger partial charge in [-0.05, 0) is 35.9 Å². The molecule has 21 heavy (non-hydrogen) atoms. The first-order valence-electron chi connectivity index (χ1n) is 6.56. The number of rotatable bonds is 3. The van der Waals surface area contributed by atoms with Crippen LogP contribution in [0.4, 0.5) is 0 Å². The molecule has 108 valence electrons. The Bertz CT molecular complexity index is 930. The highest BCUT2D eigenvalue weighted by atomic mass is 32.2. The Morgan fingerprint density at radius 2 is 1.71 bits per heavy atom. The van der Waals surface area contributed by atoms with Crippen molar-refractivity contribution in [2.75, 3.05) is 6.61 Å². The number of hydrogen-bond donors (Lipinski definition) is 1. The maximum atomic E-state index is 11.3. The molecule has 0 atom stereocenters. The fourth-order valence-corrected chi connectivity index (χ4v) is 2.97. The van der Waals surface area contributed by atoms with Crippen LogP contribution in [-0.4, -0.2) is 19.6 Å². The molecular weight excluding hydrogens is 288 g/mol. The summed E-state index contributed by atoms with van der Waals surface area (Å²) < 4.78 is 37.6. The third-order valence-electron chi connectivity index (χ3n) is 3.37. The van der Waals surface area contributed by atoms with E-state index in [0.29, 0.717) is 17.7 Å². The van der Waals surface area contributed by atoms with Crippen molar-refractivity contribution >= 4 is 31.7 Å². The van der Waals surface area contributed by atoms with E-state index in [1.807, 2.05) is 37.3 Å². The molecule has 0 unspecified atom stereocenters. The highest BCUT2D eigenvalue weighted by molar-refractivity contribution is 7.85. The van der Waals surface area contributed by atoms with Crippen molar-refractivity contribution in [2.45, 2.75) is 11.8 Å². The molecule has 0 saturated heterocycles. The second-order valence-corrected chi connectivity index (χ2v) is 6.14. The zero-order chi connectivity index (χ0) is 15.0. The predicted octanol–water partition coefficient (Wildman–Crippen LogP) is 3.64. The van der Waals surface area contributed by atoms with Crippen molar-refractivity contribution < 1.29 is 17.7 Å². The third kappa shape index (κ3) is 2.46. The van der Waals surface area contributed by atoms with Crippen LogP contribution in [0.2, 0.25) is 0 Å². The monoisotopic (exact) mass is 302 g/mol. The van der Waals surface area contributed by atoms with Crippen molar-refractivity contribution in [1.82, 2.24) is 0 Å². The molecule has 0 aliphatic carbocycles. The minimum Gasteiger partial charge on any atom is -0.493 e. The fourth-order valence-electron chi connectivity index (χ4n) is 2.46. The first kappa shape index (κ1) is 13.9. The van der Waals surface area contributed by atoms with Gasteiger partial charge in [0.05, 0.1) is 11.5 Å². The maximum Gasteiger partial charge on any atom is 0.294 e. The minimum atomic E-state index is -4.23. The van der Waals surface area contributed by atoms with Crippen molar-refractivity contribution in [3.05, 3.63) is 48.5 Å². The molecule has 0 heterocycles. The highest BCUT2D eigenvalue weighted by Crippen LogP contribution is 2.36. The van der Waals surface area contributed by atoms with Gasteiger partial charge in [0.1, 0.15) is 5.75 Å². The Morgan fingerprint density at radius 1 is 1.00 bits per heavy atom. The third-order valence-corrected chi connectivity index (χ3v) is 4.22. The normalized spacial score (nSPS) is 11.9. The summed E-state index contributed by atoms with van der Waals surface area (Å²) in [5.74, 6) is 0.635. The quantitative estimate of drug-likeness (QED) is 0.592. The van der Waals surface area contributed by atoms with Gasteiger partial charge < -0.3 is 4.74 Å². The van der Waals surface area contributed by atoms with Crippen LogP contribution in [-0.2, 0) is 10.1 Å². The molecule has 0 bridgehead atoms. The average molecular weight is 302 g/mol. The molecule has 0 aliphatic heterocycles. The second-order valence-electron chi connectivity index (χ2n) is 4.72. The summed E-state index contributed by atoms with van der Waals surface area (Å²) in [7, 11) is -4.23. The SMILES string of the molecule is CCOc1c2ccccc2cc2ccc(S(=O)(=O)O)cc12. The zero-order valence-corrected chi connectivity index (χ0v) is 12.2. The summed E-state index contributed by atoms with van der Waals surface area (Å²) in [6, 6.07) is 14.2. The molecule has 5 heteroatoms. The number of fused-ring (bicyclic) bond motifs is 2. The predicted molar refractivity (Wildman–Crippen MR) is 82.4 cm³/mol. The summed E-state index contributed by atoms with van der Waals surface area (Å²) in [4.78, 5) is -0.133. The largest absolute Gasteiger partial charge is 0.493 e. The second kappa shape index (κ2) is 5.02. The van der Waals surface area contributed by atoms with Gasteiger partial charge >= 0.3 is 0 Å². The molecule has 0 aliphatic rings. The molecule has 0 amide bonds. The van der Waals surface area contributed by atoms with Crippen LogP contribution >= 0.6 is 0 Å². The summed E-state index contributed by atoms with van der Waals surface area (Å²) in [6.45, 7) is 2.35. The van der Waals surface area contributed by atoms with E-state index in [2.05, 4.69) is 0 Å². The molecule has 1 N–H and O–H groups in total. The Balaban J connectivity index is 2.44. The van der Waals surface area contributed by atoms with Gasteiger partial charge in [0, 0.05) is 10.8 Å². The summed E-state index contributed by atoms with van der Waals surface area (Å²) in [5.41, 5.74) is 0. The van der Waals surface area contributed by atoms with E-state index in [1.54, 1.807) is 6.07 Å². The van der Waals surface area contributed by atoms with Gasteiger partial charge in [-0.3, -0.25) is 4.55 Å². The maximum absolute atomic E-state index is 11.3. The van der Waals surface area contributed by atoms with Gasteiger partial charge in [0.25, 0.3) is 10.1 Å². The molecule has 0 spiro atoms. The molecule has 0 radical (unpaired) electrons. The lowest BCUT2D eigenvalue weighted by atomic mass is 10.0. The lowest BCUT2D eigenvalue weighted by Crippen LogP contribution is -1.99. The van der Waals surface area contributed by atoms with Crippen molar-refractivity contribution in [3.8, 4) is 5.75 Å². The van der Waals surface area contributed by atoms with Gasteiger partial charge in [-0.15, -0.1) is 0 Å². The molecule has 0 saturated carbocycles. The van der Waals surface area contributed by atoms with Crippen molar-refractivity contribution in [2.24, 2.45) is 0 Å². The Kier molecular flexibility index (Phi) is 3.31. The van der Waals surface area contributed by atoms with Gasteiger partial charge in [0.2, 0.25) is 0 Å². The first-order chi connectivity index (χ1) is 10.0. The standard InChI is InChI=1S/C16H14O4S/c1-2-20-16-14-6-4-3-5-11(14)9-12-7-8-13(10-15(12)16)21(17,18)19/h3-10H,2H2,1H3,(H,17,18,19). The molecule has 0 fully saturated rings. The average Bonchev–Trinajstić information content (AvgIpc) is 2.45. The van der Waals surface area contributed by atoms with E-state index < -0.39 is 10.1 Å². The molecule has 3 aromatic carbocycles. The van der Waals surface area contributed by atoms with Crippen LogP contribution < -0.4 is 4.74 Å². The van der Waals surface area contributed by atoms with E-state index in [4.69, 9.17) is 4.74 Å². The Morgan fingerprint density at radius 3 is 2.43 bits per heavy atom. The molecule has 3 aromatic rings. The van der Waals surface area contributed by atoms with Gasteiger partial charge in [-0.25, -0.2) is 0 Å². The minimum absolute atomic E-state index is 0.133. The number of hydrogen-bond acceptors (Lipinski definition) is 3. The number of ether oxygens (including phenoxy) is 1. The summed E-state index contributed by atoms with van der Waals surface area (Å²) >= 11 is 0. The molecule has 0 aromatic heterocycles. The van der Waals surface area contributed by atoms with E-state index in [1.165, 1.54) is 12.1 Å². The smallest absolute Gasteiger partial charge is 0.294 e. The van der Waals surface area contributed by atoms with Crippen LogP contribution in [0, 0.1) is 0 Å². The Hall–Kier alpha value is -2.11. The van der Waals surface area contributed by atoms with Crippen LogP contribution in [0.5, 0.6) is 5.75 Å². The van der Waals surface area contributed by atoms with Crippen LogP contribution in [0.3, 0.4) is 0 Å². The zero-order valence-electron chi connectivity index (χ0n) is 11.4. The lowest BCUT2D eigenvalue weighted by molar-refractivity contribution is 0.348. The summed E-state index contributed by atoms with van der Waals surface area (Å²) in [5, 5.41) is 3.47. The first-order valence-corrected chi connectivity index (χ1v) is 8.00. The van der Waals surface area contributed by atoms with Crippen LogP contribution in [0.15, 0.2) is 53.4 Å². The summed E-state index contributed by atoms with van der Waals surface area (Å²) in [6.07, 6.45) is 0. The van der Waals surface area contributed by atoms with Crippen LogP contribution in [0.25, 0.3) is 21.5 Å². The number of benzene rings is 3. The highest BCUT2D eigenvalue weighted by Gasteiger charge is 2.14. The van der Waals surface area contributed by atoms with E-state index in [9.17, 15) is 13.0 Å². The molecular formula is C16H14O4S. The van der Waals surface area contributed by atoms with Crippen molar-refractivity contribution in [3.63, 3.8) is 0 Å². The topological polar surface area (TPSA) is 63.6 Å². The van der Waals surface area contributed by atoms with Crippen molar-refractivity contribution in [1.29, 1.82) is 0 Å². The molecule has 4 nitrogen and oxygen atoms in total. The van der Waals surface area contributed by atoms with Crippen LogP contribution in [0.1, 0.15) is 6.92 Å². The van der Waals surface area contributed by atoms with Gasteiger partial charge in [0.15, 0.2) is 0 Å². The van der Waals surface area contributed by atoms with E-state index >= 15 is 0 Å². The van der Waals surface area contributed by atoms with E-state index in [0.717, 1.165) is 16.2 Å².